The third kappa shape index (κ3) is 4.23. The molecule has 1 atom stereocenters. The normalized spacial score (nSPS) is 12.4. The number of likely N-dealkylation sites (N-methyl/N-ethyl adjacent to an activating group) is 1. The number of carbonyl (C=O) groups is 1. The first-order valence-electron chi connectivity index (χ1n) is 3.17. The van der Waals surface area contributed by atoms with Crippen molar-refractivity contribution in [1.82, 2.24) is 11.1 Å². The van der Waals surface area contributed by atoms with Gasteiger partial charge >= 0.3 is 5.97 Å². The predicted octanol–water partition coefficient (Wildman–Crippen LogP) is 0.483. The zero-order valence-electron chi connectivity index (χ0n) is 6.95. The lowest BCUT2D eigenvalue weighted by Gasteiger charge is -2.20. The molecule has 0 aromatic rings. The van der Waals surface area contributed by atoms with Crippen LogP contribution in [0.25, 0.3) is 0 Å². The molecule has 4 nitrogen and oxygen atoms in total. The van der Waals surface area contributed by atoms with E-state index in [2.05, 4.69) is 12.6 Å². The van der Waals surface area contributed by atoms with Crippen LogP contribution in [-0.2, 0) is 4.79 Å². The van der Waals surface area contributed by atoms with E-state index in [4.69, 9.17) is 5.11 Å². The maximum absolute atomic E-state index is 10.4. The second kappa shape index (κ2) is 6.45. The zero-order chi connectivity index (χ0) is 8.15. The average Bonchev–Trinajstić information content (AvgIpc) is 1.88. The Balaban J connectivity index is 0. The summed E-state index contributed by atoms with van der Waals surface area (Å²) >= 11 is 3.93. The van der Waals surface area contributed by atoms with E-state index < -0.39 is 12.0 Å². The summed E-state index contributed by atoms with van der Waals surface area (Å²) in [4.78, 5) is 12.2. The standard InChI is InChI=1S/C6H13NO2S.H3N/c1-3-7(2)5(4-10)6(8)9;/h5,10H,3-4H2,1-2H3,(H,8,9);1H3. The highest BCUT2D eigenvalue weighted by atomic mass is 32.1. The largest absolute Gasteiger partial charge is 0.480 e. The highest BCUT2D eigenvalue weighted by Gasteiger charge is 2.18. The Labute approximate surface area is 72.6 Å². The summed E-state index contributed by atoms with van der Waals surface area (Å²) in [6.45, 7) is 2.65. The third-order valence-electron chi connectivity index (χ3n) is 1.49. The van der Waals surface area contributed by atoms with Gasteiger partial charge in [0.25, 0.3) is 0 Å². The molecule has 0 saturated carbocycles. The third-order valence-corrected chi connectivity index (χ3v) is 1.83. The van der Waals surface area contributed by atoms with Gasteiger partial charge in [-0.1, -0.05) is 6.92 Å². The van der Waals surface area contributed by atoms with E-state index in [0.717, 1.165) is 6.54 Å². The molecule has 68 valence electrons. The van der Waals surface area contributed by atoms with E-state index in [-0.39, 0.29) is 6.15 Å². The number of thiol groups is 1. The molecule has 0 aliphatic rings. The van der Waals surface area contributed by atoms with Crippen molar-refractivity contribution in [2.75, 3.05) is 19.3 Å². The smallest absolute Gasteiger partial charge is 0.321 e. The second-order valence-corrected chi connectivity index (χ2v) is 2.47. The van der Waals surface area contributed by atoms with Gasteiger partial charge in [0.05, 0.1) is 0 Å². The van der Waals surface area contributed by atoms with Crippen molar-refractivity contribution in [3.63, 3.8) is 0 Å². The van der Waals surface area contributed by atoms with E-state index in [1.807, 2.05) is 6.92 Å². The molecule has 0 aliphatic carbocycles. The number of aliphatic carboxylic acids is 1. The average molecular weight is 180 g/mol. The lowest BCUT2D eigenvalue weighted by Crippen LogP contribution is -2.39. The zero-order valence-corrected chi connectivity index (χ0v) is 7.84. The molecule has 0 aromatic carbocycles. The number of hydrogen-bond donors (Lipinski definition) is 3. The Morgan fingerprint density at radius 1 is 1.73 bits per heavy atom. The summed E-state index contributed by atoms with van der Waals surface area (Å²) in [6, 6.07) is -0.451. The summed E-state index contributed by atoms with van der Waals surface area (Å²) < 4.78 is 0. The predicted molar refractivity (Wildman–Crippen MR) is 48.6 cm³/mol. The van der Waals surface area contributed by atoms with Crippen LogP contribution in [0.3, 0.4) is 0 Å². The molecule has 1 unspecified atom stereocenters. The van der Waals surface area contributed by atoms with Gasteiger partial charge < -0.3 is 11.3 Å². The van der Waals surface area contributed by atoms with Crippen molar-refractivity contribution in [3.05, 3.63) is 0 Å². The van der Waals surface area contributed by atoms with Gasteiger partial charge in [-0.15, -0.1) is 0 Å². The van der Waals surface area contributed by atoms with Gasteiger partial charge in [0.1, 0.15) is 6.04 Å². The highest BCUT2D eigenvalue weighted by molar-refractivity contribution is 7.80. The molecule has 0 heterocycles. The van der Waals surface area contributed by atoms with Crippen molar-refractivity contribution in [2.45, 2.75) is 13.0 Å². The van der Waals surface area contributed by atoms with Gasteiger partial charge in [-0.2, -0.15) is 12.6 Å². The Morgan fingerprint density at radius 2 is 2.18 bits per heavy atom. The minimum absolute atomic E-state index is 0. The van der Waals surface area contributed by atoms with Crippen LogP contribution in [0.2, 0.25) is 0 Å². The van der Waals surface area contributed by atoms with E-state index in [1.54, 1.807) is 11.9 Å². The fourth-order valence-electron chi connectivity index (χ4n) is 0.626. The summed E-state index contributed by atoms with van der Waals surface area (Å²) in [5.41, 5.74) is 0. The van der Waals surface area contributed by atoms with Crippen molar-refractivity contribution in [1.29, 1.82) is 0 Å². The number of hydrogen-bond acceptors (Lipinski definition) is 4. The molecule has 0 amide bonds. The Bertz CT molecular complexity index is 121. The number of carboxylic acid groups (broad SMARTS) is 1. The van der Waals surface area contributed by atoms with Crippen molar-refractivity contribution < 1.29 is 9.90 Å². The van der Waals surface area contributed by atoms with Crippen LogP contribution < -0.4 is 6.15 Å². The highest BCUT2D eigenvalue weighted by Crippen LogP contribution is 1.97. The van der Waals surface area contributed by atoms with Gasteiger partial charge in [0.15, 0.2) is 0 Å². The number of rotatable bonds is 4. The van der Waals surface area contributed by atoms with Gasteiger partial charge in [-0.25, -0.2) is 0 Å². The molecule has 0 bridgehead atoms. The van der Waals surface area contributed by atoms with Crippen LogP contribution in [-0.4, -0.2) is 41.4 Å². The molecule has 0 aromatic heterocycles. The van der Waals surface area contributed by atoms with Crippen LogP contribution in [0.4, 0.5) is 0 Å². The molecule has 0 fully saturated rings. The molecule has 0 radical (unpaired) electrons. The molecule has 0 rings (SSSR count). The van der Waals surface area contributed by atoms with Crippen molar-refractivity contribution >= 4 is 18.6 Å². The van der Waals surface area contributed by atoms with Crippen LogP contribution in [0.15, 0.2) is 0 Å². The van der Waals surface area contributed by atoms with Crippen LogP contribution in [0.1, 0.15) is 6.92 Å². The van der Waals surface area contributed by atoms with Gasteiger partial charge in [-0.05, 0) is 13.6 Å². The monoisotopic (exact) mass is 180 g/mol. The van der Waals surface area contributed by atoms with Gasteiger partial charge in [0, 0.05) is 5.75 Å². The number of carboxylic acids is 1. The maximum atomic E-state index is 10.4. The summed E-state index contributed by atoms with van der Waals surface area (Å²) in [7, 11) is 1.77. The first-order chi connectivity index (χ1) is 4.63. The molecule has 5 heteroatoms. The fourth-order valence-corrected chi connectivity index (χ4v) is 1.06. The van der Waals surface area contributed by atoms with E-state index in [0.29, 0.717) is 5.75 Å². The molecular formula is C6H16N2O2S. The Hall–Kier alpha value is -0.260. The molecular weight excluding hydrogens is 164 g/mol. The van der Waals surface area contributed by atoms with E-state index >= 15 is 0 Å². The van der Waals surface area contributed by atoms with Crippen LogP contribution >= 0.6 is 12.6 Å². The molecule has 0 spiro atoms. The summed E-state index contributed by atoms with van der Waals surface area (Å²) in [5.74, 6) is -0.445. The molecule has 11 heavy (non-hydrogen) atoms. The SMILES string of the molecule is CCN(C)C(CS)C(=O)O.N. The molecule has 0 saturated heterocycles. The first-order valence-corrected chi connectivity index (χ1v) is 3.80. The quantitative estimate of drug-likeness (QED) is 0.550. The Morgan fingerprint density at radius 3 is 2.27 bits per heavy atom. The summed E-state index contributed by atoms with van der Waals surface area (Å²) in [5, 5.41) is 8.58. The topological polar surface area (TPSA) is 75.5 Å². The maximum Gasteiger partial charge on any atom is 0.321 e. The van der Waals surface area contributed by atoms with E-state index in [9.17, 15) is 4.79 Å². The van der Waals surface area contributed by atoms with Crippen LogP contribution in [0, 0.1) is 0 Å². The lowest BCUT2D eigenvalue weighted by atomic mass is 10.3. The summed E-state index contributed by atoms with van der Waals surface area (Å²) in [6.07, 6.45) is 0. The fraction of sp³-hybridized carbons (Fsp3) is 0.833. The first kappa shape index (κ1) is 13.3. The van der Waals surface area contributed by atoms with Crippen LogP contribution in [0.5, 0.6) is 0 Å². The van der Waals surface area contributed by atoms with Gasteiger partial charge in [0.2, 0.25) is 0 Å². The van der Waals surface area contributed by atoms with E-state index in [1.165, 1.54) is 0 Å². The Kier molecular flexibility index (Phi) is 7.82. The van der Waals surface area contributed by atoms with Crippen molar-refractivity contribution in [2.24, 2.45) is 0 Å². The number of nitrogens with zero attached hydrogens (tertiary/aromatic N) is 1. The van der Waals surface area contributed by atoms with Crippen molar-refractivity contribution in [3.8, 4) is 0 Å². The van der Waals surface area contributed by atoms with Gasteiger partial charge in [-0.3, -0.25) is 9.69 Å². The lowest BCUT2D eigenvalue weighted by molar-refractivity contribution is -0.141. The minimum atomic E-state index is -0.806. The molecule has 4 N–H and O–H groups in total. The molecule has 0 aliphatic heterocycles. The second-order valence-electron chi connectivity index (χ2n) is 2.11. The minimum Gasteiger partial charge on any atom is -0.480 e.